The quantitative estimate of drug-likeness (QED) is 0.815. The first kappa shape index (κ1) is 18.5. The van der Waals surface area contributed by atoms with E-state index < -0.39 is 5.60 Å². The van der Waals surface area contributed by atoms with E-state index in [2.05, 4.69) is 17.6 Å². The molecular formula is C18H34N2O3. The molecule has 0 radical (unpaired) electrons. The fourth-order valence-corrected chi connectivity index (χ4v) is 3.72. The summed E-state index contributed by atoms with van der Waals surface area (Å²) < 4.78 is 10.8. The average Bonchev–Trinajstić information content (AvgIpc) is 2.91. The van der Waals surface area contributed by atoms with Gasteiger partial charge < -0.3 is 20.1 Å². The van der Waals surface area contributed by atoms with Crippen LogP contribution in [0.25, 0.3) is 0 Å². The van der Waals surface area contributed by atoms with Crippen LogP contribution in [0.3, 0.4) is 0 Å². The zero-order valence-corrected chi connectivity index (χ0v) is 15.2. The van der Waals surface area contributed by atoms with Gasteiger partial charge in [-0.15, -0.1) is 0 Å². The minimum atomic E-state index is -0.436. The van der Waals surface area contributed by atoms with E-state index in [4.69, 9.17) is 9.47 Å². The van der Waals surface area contributed by atoms with Crippen LogP contribution in [0.15, 0.2) is 0 Å². The number of ether oxygens (including phenoxy) is 2. The van der Waals surface area contributed by atoms with E-state index in [0.29, 0.717) is 30.5 Å². The van der Waals surface area contributed by atoms with Crippen LogP contribution in [0.1, 0.15) is 59.8 Å². The molecule has 1 aliphatic carbocycles. The molecule has 0 unspecified atom stereocenters. The standard InChI is InChI=1S/C18H34N2O3/c1-13(14-8-10-22-11-9-14)20-16-7-5-6-15(16)12-19-17(21)23-18(2,3)4/h13-16,20H,5-12H2,1-4H3,(H,19,21)/t13-,15+,16-/m0/s1. The van der Waals surface area contributed by atoms with Gasteiger partial charge in [-0.05, 0) is 65.2 Å². The first-order valence-corrected chi connectivity index (χ1v) is 9.16. The number of amides is 1. The van der Waals surface area contributed by atoms with E-state index in [0.717, 1.165) is 26.1 Å². The molecule has 23 heavy (non-hydrogen) atoms. The number of carbonyl (C=O) groups excluding carboxylic acids is 1. The highest BCUT2D eigenvalue weighted by atomic mass is 16.6. The summed E-state index contributed by atoms with van der Waals surface area (Å²) in [4.78, 5) is 11.8. The maximum atomic E-state index is 11.8. The van der Waals surface area contributed by atoms with Crippen LogP contribution in [0, 0.1) is 11.8 Å². The van der Waals surface area contributed by atoms with Gasteiger partial charge >= 0.3 is 6.09 Å². The smallest absolute Gasteiger partial charge is 0.407 e. The van der Waals surface area contributed by atoms with Crippen molar-refractivity contribution in [3.05, 3.63) is 0 Å². The summed E-state index contributed by atoms with van der Waals surface area (Å²) in [6, 6.07) is 1.02. The fourth-order valence-electron chi connectivity index (χ4n) is 3.72. The number of hydrogen-bond acceptors (Lipinski definition) is 4. The first-order chi connectivity index (χ1) is 10.8. The highest BCUT2D eigenvalue weighted by Crippen LogP contribution is 2.27. The fraction of sp³-hybridized carbons (Fsp3) is 0.944. The van der Waals surface area contributed by atoms with Crippen LogP contribution in [0.5, 0.6) is 0 Å². The summed E-state index contributed by atoms with van der Waals surface area (Å²) in [6.45, 7) is 10.5. The summed E-state index contributed by atoms with van der Waals surface area (Å²) in [5.41, 5.74) is -0.436. The molecule has 0 bridgehead atoms. The number of hydrogen-bond donors (Lipinski definition) is 2. The second-order valence-corrected chi connectivity index (χ2v) is 8.09. The van der Waals surface area contributed by atoms with Crippen molar-refractivity contribution in [1.82, 2.24) is 10.6 Å². The third kappa shape index (κ3) is 6.30. The predicted octanol–water partition coefficient (Wildman–Crippen LogP) is 3.08. The summed E-state index contributed by atoms with van der Waals surface area (Å²) in [5.74, 6) is 1.22. The van der Waals surface area contributed by atoms with Crippen molar-refractivity contribution in [2.75, 3.05) is 19.8 Å². The largest absolute Gasteiger partial charge is 0.444 e. The van der Waals surface area contributed by atoms with Gasteiger partial charge in [0, 0.05) is 31.8 Å². The van der Waals surface area contributed by atoms with Gasteiger partial charge in [-0.3, -0.25) is 0 Å². The van der Waals surface area contributed by atoms with Crippen molar-refractivity contribution in [2.24, 2.45) is 11.8 Å². The molecule has 1 saturated carbocycles. The highest BCUT2D eigenvalue weighted by molar-refractivity contribution is 5.67. The van der Waals surface area contributed by atoms with Gasteiger partial charge in [0.25, 0.3) is 0 Å². The molecule has 0 aromatic carbocycles. The molecule has 134 valence electrons. The molecule has 1 saturated heterocycles. The molecular weight excluding hydrogens is 292 g/mol. The Bertz CT molecular complexity index is 375. The second-order valence-electron chi connectivity index (χ2n) is 8.09. The summed E-state index contributed by atoms with van der Waals surface area (Å²) in [6.07, 6.45) is 5.62. The molecule has 5 heteroatoms. The zero-order valence-electron chi connectivity index (χ0n) is 15.2. The van der Waals surface area contributed by atoms with Gasteiger partial charge in [0.15, 0.2) is 0 Å². The maximum Gasteiger partial charge on any atom is 0.407 e. The van der Waals surface area contributed by atoms with Crippen molar-refractivity contribution in [1.29, 1.82) is 0 Å². The molecule has 0 aromatic heterocycles. The predicted molar refractivity (Wildman–Crippen MR) is 91.5 cm³/mol. The Morgan fingerprint density at radius 1 is 1.22 bits per heavy atom. The molecule has 2 fully saturated rings. The summed E-state index contributed by atoms with van der Waals surface area (Å²) in [5, 5.41) is 6.77. The summed E-state index contributed by atoms with van der Waals surface area (Å²) >= 11 is 0. The average molecular weight is 326 g/mol. The Hall–Kier alpha value is -0.810. The third-order valence-electron chi connectivity index (χ3n) is 5.02. The van der Waals surface area contributed by atoms with E-state index in [1.54, 1.807) is 0 Å². The monoisotopic (exact) mass is 326 g/mol. The first-order valence-electron chi connectivity index (χ1n) is 9.16. The van der Waals surface area contributed by atoms with Gasteiger partial charge in [-0.2, -0.15) is 0 Å². The van der Waals surface area contributed by atoms with Crippen LogP contribution in [-0.2, 0) is 9.47 Å². The lowest BCUT2D eigenvalue weighted by molar-refractivity contribution is 0.0499. The van der Waals surface area contributed by atoms with Gasteiger partial charge in [0.1, 0.15) is 5.60 Å². The Kier molecular flexibility index (Phi) is 6.72. The molecule has 2 rings (SSSR count). The van der Waals surface area contributed by atoms with Crippen molar-refractivity contribution < 1.29 is 14.3 Å². The Morgan fingerprint density at radius 3 is 2.57 bits per heavy atom. The topological polar surface area (TPSA) is 59.6 Å². The van der Waals surface area contributed by atoms with Gasteiger partial charge in [0.05, 0.1) is 0 Å². The Morgan fingerprint density at radius 2 is 1.91 bits per heavy atom. The van der Waals surface area contributed by atoms with Crippen LogP contribution < -0.4 is 10.6 Å². The SMILES string of the molecule is C[C@H](N[C@H]1CCC[C@@H]1CNC(=O)OC(C)(C)C)C1CCOCC1. The van der Waals surface area contributed by atoms with Gasteiger partial charge in [0.2, 0.25) is 0 Å². The van der Waals surface area contributed by atoms with Crippen molar-refractivity contribution in [3.8, 4) is 0 Å². The normalized spacial score (nSPS) is 27.7. The molecule has 1 heterocycles. The van der Waals surface area contributed by atoms with Crippen molar-refractivity contribution in [2.45, 2.75) is 77.5 Å². The van der Waals surface area contributed by atoms with Gasteiger partial charge in [-0.1, -0.05) is 6.42 Å². The van der Waals surface area contributed by atoms with E-state index >= 15 is 0 Å². The summed E-state index contributed by atoms with van der Waals surface area (Å²) in [7, 11) is 0. The van der Waals surface area contributed by atoms with Crippen LogP contribution >= 0.6 is 0 Å². The molecule has 1 aliphatic heterocycles. The second kappa shape index (κ2) is 8.34. The minimum Gasteiger partial charge on any atom is -0.444 e. The molecule has 1 amide bonds. The maximum absolute atomic E-state index is 11.8. The number of rotatable bonds is 5. The van der Waals surface area contributed by atoms with Gasteiger partial charge in [-0.25, -0.2) is 4.79 Å². The number of alkyl carbamates (subject to hydrolysis) is 1. The lowest BCUT2D eigenvalue weighted by Gasteiger charge is -2.32. The molecule has 2 aliphatic rings. The van der Waals surface area contributed by atoms with Crippen LogP contribution in [-0.4, -0.2) is 43.5 Å². The van der Waals surface area contributed by atoms with Crippen LogP contribution in [0.2, 0.25) is 0 Å². The molecule has 0 spiro atoms. The molecule has 2 N–H and O–H groups in total. The lowest BCUT2D eigenvalue weighted by atomic mass is 9.91. The van der Waals surface area contributed by atoms with E-state index in [1.165, 1.54) is 19.3 Å². The third-order valence-corrected chi connectivity index (χ3v) is 5.02. The zero-order chi connectivity index (χ0) is 16.9. The number of carbonyl (C=O) groups is 1. The Labute approximate surface area is 140 Å². The highest BCUT2D eigenvalue weighted by Gasteiger charge is 2.31. The molecule has 0 aromatic rings. The number of nitrogens with one attached hydrogen (secondary N) is 2. The Balaban J connectivity index is 1.75. The minimum absolute atomic E-state index is 0.305. The van der Waals surface area contributed by atoms with E-state index in [9.17, 15) is 4.79 Å². The lowest BCUT2D eigenvalue weighted by Crippen LogP contribution is -2.47. The van der Waals surface area contributed by atoms with Crippen molar-refractivity contribution in [3.63, 3.8) is 0 Å². The van der Waals surface area contributed by atoms with Crippen molar-refractivity contribution >= 4 is 6.09 Å². The van der Waals surface area contributed by atoms with E-state index in [-0.39, 0.29) is 6.09 Å². The van der Waals surface area contributed by atoms with Crippen LogP contribution in [0.4, 0.5) is 4.79 Å². The molecule has 5 nitrogen and oxygen atoms in total. The van der Waals surface area contributed by atoms with E-state index in [1.807, 2.05) is 20.8 Å². The molecule has 3 atom stereocenters.